The first-order valence-corrected chi connectivity index (χ1v) is 12.4. The number of nitrogens with zero attached hydrogens (tertiary/aromatic N) is 2. The van der Waals surface area contributed by atoms with Crippen molar-refractivity contribution >= 4 is 12.0 Å². The van der Waals surface area contributed by atoms with Crippen LogP contribution in [0.3, 0.4) is 0 Å². The van der Waals surface area contributed by atoms with Gasteiger partial charge in [0.05, 0.1) is 27.4 Å². The fourth-order valence-electron chi connectivity index (χ4n) is 4.69. The lowest BCUT2D eigenvalue weighted by atomic mass is 9.96. The Kier molecular flexibility index (Phi) is 9.00. The molecule has 0 atom stereocenters. The Morgan fingerprint density at radius 2 is 1.30 bits per heavy atom. The van der Waals surface area contributed by atoms with E-state index in [1.54, 1.807) is 33.5 Å². The molecule has 6 nitrogen and oxygen atoms in total. The van der Waals surface area contributed by atoms with Crippen molar-refractivity contribution in [3.63, 3.8) is 0 Å². The minimum atomic E-state index is 0.0187. The number of hydrogen-bond donors (Lipinski definition) is 0. The molecule has 4 rings (SSSR count). The van der Waals surface area contributed by atoms with Crippen LogP contribution in [0.5, 0.6) is 17.2 Å². The number of rotatable bonds is 9. The lowest BCUT2D eigenvalue weighted by Gasteiger charge is -2.39. The highest BCUT2D eigenvalue weighted by atomic mass is 16.5. The number of benzene rings is 3. The first-order valence-electron chi connectivity index (χ1n) is 12.4. The van der Waals surface area contributed by atoms with Gasteiger partial charge in [-0.2, -0.15) is 0 Å². The molecule has 1 heterocycles. The first-order chi connectivity index (χ1) is 18.1. The number of hydrogen-bond acceptors (Lipinski definition) is 5. The second-order valence-corrected chi connectivity index (χ2v) is 8.76. The molecule has 0 unspecified atom stereocenters. The second kappa shape index (κ2) is 12.8. The van der Waals surface area contributed by atoms with Crippen molar-refractivity contribution in [2.24, 2.45) is 0 Å². The van der Waals surface area contributed by atoms with Gasteiger partial charge in [0.25, 0.3) is 0 Å². The highest BCUT2D eigenvalue weighted by molar-refractivity contribution is 5.88. The van der Waals surface area contributed by atoms with Crippen molar-refractivity contribution in [2.75, 3.05) is 47.5 Å². The van der Waals surface area contributed by atoms with Crippen LogP contribution in [0, 0.1) is 0 Å². The van der Waals surface area contributed by atoms with Crippen LogP contribution in [0.4, 0.5) is 0 Å². The van der Waals surface area contributed by atoms with Crippen LogP contribution >= 0.6 is 0 Å². The van der Waals surface area contributed by atoms with E-state index in [1.807, 2.05) is 41.3 Å². The smallest absolute Gasteiger partial charge is 0.246 e. The molecule has 0 spiro atoms. The summed E-state index contributed by atoms with van der Waals surface area (Å²) in [5.41, 5.74) is 3.42. The van der Waals surface area contributed by atoms with Crippen molar-refractivity contribution in [1.82, 2.24) is 9.80 Å². The minimum absolute atomic E-state index is 0.0187. The predicted octanol–water partition coefficient (Wildman–Crippen LogP) is 5.22. The summed E-state index contributed by atoms with van der Waals surface area (Å²) in [4.78, 5) is 17.2. The topological polar surface area (TPSA) is 51.2 Å². The molecule has 1 aliphatic heterocycles. The fraction of sp³-hybridized carbons (Fsp3) is 0.258. The number of carbonyl (C=O) groups is 1. The quantitative estimate of drug-likeness (QED) is 0.299. The Hall–Kier alpha value is -4.03. The van der Waals surface area contributed by atoms with Gasteiger partial charge in [-0.05, 0) is 28.8 Å². The van der Waals surface area contributed by atoms with E-state index >= 15 is 0 Å². The van der Waals surface area contributed by atoms with Crippen LogP contribution in [0.2, 0.25) is 0 Å². The maximum Gasteiger partial charge on any atom is 0.246 e. The number of piperazine rings is 1. The lowest BCUT2D eigenvalue weighted by molar-refractivity contribution is -0.127. The molecule has 1 fully saturated rings. The van der Waals surface area contributed by atoms with E-state index in [1.165, 1.54) is 11.1 Å². The van der Waals surface area contributed by atoms with Gasteiger partial charge in [0.1, 0.15) is 0 Å². The summed E-state index contributed by atoms with van der Waals surface area (Å²) in [5.74, 6) is 1.74. The molecular formula is C31H34N2O4. The summed E-state index contributed by atoms with van der Waals surface area (Å²) >= 11 is 0. The summed E-state index contributed by atoms with van der Waals surface area (Å²) < 4.78 is 16.2. The fourth-order valence-corrected chi connectivity index (χ4v) is 4.69. The van der Waals surface area contributed by atoms with E-state index in [0.29, 0.717) is 30.3 Å². The Morgan fingerprint density at radius 1 is 0.757 bits per heavy atom. The molecular weight excluding hydrogens is 464 g/mol. The molecule has 1 amide bonds. The van der Waals surface area contributed by atoms with Crippen LogP contribution in [-0.4, -0.2) is 63.2 Å². The van der Waals surface area contributed by atoms with Crippen molar-refractivity contribution in [1.29, 1.82) is 0 Å². The normalized spacial score (nSPS) is 14.4. The van der Waals surface area contributed by atoms with Gasteiger partial charge >= 0.3 is 0 Å². The number of amides is 1. The zero-order chi connectivity index (χ0) is 26.0. The Morgan fingerprint density at radius 3 is 1.78 bits per heavy atom. The van der Waals surface area contributed by atoms with E-state index in [-0.39, 0.29) is 11.9 Å². The Bertz CT molecular complexity index is 1150. The van der Waals surface area contributed by atoms with Gasteiger partial charge in [0.15, 0.2) is 11.5 Å². The number of methoxy groups -OCH3 is 3. The van der Waals surface area contributed by atoms with E-state index in [9.17, 15) is 4.79 Å². The molecule has 1 saturated heterocycles. The lowest BCUT2D eigenvalue weighted by Crippen LogP contribution is -2.49. The third-order valence-corrected chi connectivity index (χ3v) is 6.55. The molecule has 0 aromatic heterocycles. The predicted molar refractivity (Wildman–Crippen MR) is 147 cm³/mol. The third-order valence-electron chi connectivity index (χ3n) is 6.55. The van der Waals surface area contributed by atoms with Gasteiger partial charge in [0, 0.05) is 32.3 Å². The minimum Gasteiger partial charge on any atom is -0.493 e. The maximum absolute atomic E-state index is 12.8. The molecule has 192 valence electrons. The van der Waals surface area contributed by atoms with Crippen molar-refractivity contribution in [3.8, 4) is 17.2 Å². The average Bonchev–Trinajstić information content (AvgIpc) is 2.96. The highest BCUT2D eigenvalue weighted by Gasteiger charge is 2.27. The molecule has 0 radical (unpaired) electrons. The second-order valence-electron chi connectivity index (χ2n) is 8.76. The monoisotopic (exact) mass is 498 g/mol. The van der Waals surface area contributed by atoms with Gasteiger partial charge in [-0.15, -0.1) is 0 Å². The third kappa shape index (κ3) is 6.40. The summed E-state index contributed by atoms with van der Waals surface area (Å²) in [6.07, 6.45) is 7.14. The molecule has 0 saturated carbocycles. The standard InChI is InChI=1S/C31H34N2O4/c1-35-27-22-24(23-28(36-2)31(27)37-3)12-10-11-17-29(34)32-18-20-33(21-19-32)30(25-13-6-4-7-14-25)26-15-8-5-9-16-26/h4-17,22-23,30H,18-21H2,1-3H3. The molecule has 0 N–H and O–H groups in total. The van der Waals surface area contributed by atoms with Crippen LogP contribution in [0.25, 0.3) is 6.08 Å². The largest absolute Gasteiger partial charge is 0.493 e. The SMILES string of the molecule is COc1cc(C=CC=CC(=O)N2CCN(C(c3ccccc3)c3ccccc3)CC2)cc(OC)c1OC. The molecule has 0 bridgehead atoms. The van der Waals surface area contributed by atoms with Crippen molar-refractivity contribution in [3.05, 3.63) is 108 Å². The van der Waals surface area contributed by atoms with Gasteiger partial charge in [-0.25, -0.2) is 0 Å². The molecule has 6 heteroatoms. The number of allylic oxidation sites excluding steroid dienone is 2. The maximum atomic E-state index is 12.8. The molecule has 0 aliphatic carbocycles. The van der Waals surface area contributed by atoms with Crippen LogP contribution < -0.4 is 14.2 Å². The van der Waals surface area contributed by atoms with Crippen LogP contribution in [0.1, 0.15) is 22.7 Å². The van der Waals surface area contributed by atoms with E-state index in [4.69, 9.17) is 14.2 Å². The van der Waals surface area contributed by atoms with Gasteiger partial charge in [-0.1, -0.05) is 78.9 Å². The summed E-state index contributed by atoms with van der Waals surface area (Å²) in [6, 6.07) is 25.1. The van der Waals surface area contributed by atoms with Crippen LogP contribution in [0.15, 0.2) is 91.0 Å². The zero-order valence-electron chi connectivity index (χ0n) is 21.7. The van der Waals surface area contributed by atoms with E-state index < -0.39 is 0 Å². The van der Waals surface area contributed by atoms with E-state index in [0.717, 1.165) is 18.7 Å². The molecule has 3 aromatic rings. The van der Waals surface area contributed by atoms with E-state index in [2.05, 4.69) is 53.4 Å². The number of ether oxygens (including phenoxy) is 3. The first kappa shape index (κ1) is 26.0. The highest BCUT2D eigenvalue weighted by Crippen LogP contribution is 2.38. The van der Waals surface area contributed by atoms with Gasteiger partial charge in [0.2, 0.25) is 11.7 Å². The molecule has 37 heavy (non-hydrogen) atoms. The summed E-state index contributed by atoms with van der Waals surface area (Å²) in [7, 11) is 4.75. The van der Waals surface area contributed by atoms with Crippen LogP contribution in [-0.2, 0) is 4.79 Å². The van der Waals surface area contributed by atoms with Gasteiger partial charge in [-0.3, -0.25) is 9.69 Å². The summed E-state index contributed by atoms with van der Waals surface area (Å²) in [6.45, 7) is 3.01. The zero-order valence-corrected chi connectivity index (χ0v) is 21.7. The average molecular weight is 499 g/mol. The Balaban J connectivity index is 1.38. The number of carbonyl (C=O) groups excluding carboxylic acids is 1. The summed E-state index contributed by atoms with van der Waals surface area (Å²) in [5, 5.41) is 0. The van der Waals surface area contributed by atoms with Gasteiger partial charge < -0.3 is 19.1 Å². The molecule has 1 aliphatic rings. The van der Waals surface area contributed by atoms with Crippen molar-refractivity contribution < 1.29 is 19.0 Å². The Labute approximate surface area is 219 Å². The molecule has 3 aromatic carbocycles. The van der Waals surface area contributed by atoms with Crippen molar-refractivity contribution in [2.45, 2.75) is 6.04 Å².